The normalized spacial score (nSPS) is 11.9. The van der Waals surface area contributed by atoms with Crippen molar-refractivity contribution < 1.29 is 4.79 Å². The summed E-state index contributed by atoms with van der Waals surface area (Å²) in [6, 6.07) is 3.38. The van der Waals surface area contributed by atoms with Gasteiger partial charge in [0.2, 0.25) is 0 Å². The van der Waals surface area contributed by atoms with Crippen LogP contribution in [0.4, 0.5) is 5.82 Å². The third kappa shape index (κ3) is 3.14. The second kappa shape index (κ2) is 6.18. The zero-order chi connectivity index (χ0) is 14.5. The van der Waals surface area contributed by atoms with Gasteiger partial charge in [0.15, 0.2) is 0 Å². The maximum atomic E-state index is 12.3. The molecule has 20 heavy (non-hydrogen) atoms. The SMILES string of the molecule is CCc1cc(C(=O)NC(C)c2ncc[nH]2)cc(NC)n1. The van der Waals surface area contributed by atoms with Gasteiger partial charge in [-0.2, -0.15) is 0 Å². The van der Waals surface area contributed by atoms with E-state index in [2.05, 4.69) is 25.6 Å². The molecule has 106 valence electrons. The van der Waals surface area contributed by atoms with Crippen LogP contribution in [0.2, 0.25) is 0 Å². The minimum absolute atomic E-state index is 0.137. The summed E-state index contributed by atoms with van der Waals surface area (Å²) in [6.45, 7) is 3.90. The number of aromatic nitrogens is 3. The summed E-state index contributed by atoms with van der Waals surface area (Å²) in [7, 11) is 1.79. The molecule has 2 aromatic rings. The first-order valence-electron chi connectivity index (χ1n) is 6.63. The molecule has 0 saturated heterocycles. The van der Waals surface area contributed by atoms with Gasteiger partial charge in [0, 0.05) is 30.7 Å². The number of hydrogen-bond donors (Lipinski definition) is 3. The van der Waals surface area contributed by atoms with Crippen LogP contribution in [0, 0.1) is 0 Å². The fourth-order valence-electron chi connectivity index (χ4n) is 1.89. The van der Waals surface area contributed by atoms with Gasteiger partial charge in [-0.3, -0.25) is 4.79 Å². The molecule has 6 heteroatoms. The van der Waals surface area contributed by atoms with Gasteiger partial charge < -0.3 is 15.6 Å². The van der Waals surface area contributed by atoms with E-state index < -0.39 is 0 Å². The van der Waals surface area contributed by atoms with Crippen LogP contribution in [0.3, 0.4) is 0 Å². The number of hydrogen-bond acceptors (Lipinski definition) is 4. The van der Waals surface area contributed by atoms with Crippen LogP contribution in [0.25, 0.3) is 0 Å². The van der Waals surface area contributed by atoms with Crippen molar-refractivity contribution in [2.24, 2.45) is 0 Å². The molecule has 0 aliphatic carbocycles. The summed E-state index contributed by atoms with van der Waals surface area (Å²) in [5, 5.41) is 5.88. The minimum atomic E-state index is -0.172. The Balaban J connectivity index is 2.16. The molecule has 2 aromatic heterocycles. The Kier molecular flexibility index (Phi) is 4.34. The van der Waals surface area contributed by atoms with Crippen LogP contribution in [0.15, 0.2) is 24.5 Å². The molecule has 0 fully saturated rings. The highest BCUT2D eigenvalue weighted by atomic mass is 16.1. The third-order valence-electron chi connectivity index (χ3n) is 3.04. The number of pyridine rings is 1. The highest BCUT2D eigenvalue weighted by Crippen LogP contribution is 2.13. The van der Waals surface area contributed by atoms with E-state index in [1.807, 2.05) is 19.9 Å². The number of anilines is 1. The molecule has 6 nitrogen and oxygen atoms in total. The maximum Gasteiger partial charge on any atom is 0.252 e. The van der Waals surface area contributed by atoms with Gasteiger partial charge in [-0.25, -0.2) is 9.97 Å². The number of aromatic amines is 1. The fraction of sp³-hybridized carbons (Fsp3) is 0.357. The Labute approximate surface area is 118 Å². The number of imidazole rings is 1. The summed E-state index contributed by atoms with van der Waals surface area (Å²) in [5.41, 5.74) is 1.48. The molecule has 1 amide bonds. The number of nitrogens with zero attached hydrogens (tertiary/aromatic N) is 2. The second-order valence-electron chi connectivity index (χ2n) is 4.51. The van der Waals surface area contributed by atoms with E-state index >= 15 is 0 Å². The quantitative estimate of drug-likeness (QED) is 0.777. The Hall–Kier alpha value is -2.37. The smallest absolute Gasteiger partial charge is 0.252 e. The molecule has 0 aliphatic rings. The van der Waals surface area contributed by atoms with Crippen LogP contribution in [-0.4, -0.2) is 27.9 Å². The van der Waals surface area contributed by atoms with Crippen LogP contribution in [0.1, 0.15) is 41.8 Å². The van der Waals surface area contributed by atoms with Crippen molar-refractivity contribution in [3.8, 4) is 0 Å². The first kappa shape index (κ1) is 14.0. The lowest BCUT2D eigenvalue weighted by molar-refractivity contribution is 0.0938. The molecule has 2 heterocycles. The molecular formula is C14H19N5O. The van der Waals surface area contributed by atoms with Gasteiger partial charge in [-0.05, 0) is 25.5 Å². The molecule has 3 N–H and O–H groups in total. The van der Waals surface area contributed by atoms with Crippen molar-refractivity contribution in [2.75, 3.05) is 12.4 Å². The van der Waals surface area contributed by atoms with Crippen LogP contribution in [-0.2, 0) is 6.42 Å². The van der Waals surface area contributed by atoms with Crippen molar-refractivity contribution in [1.82, 2.24) is 20.3 Å². The average molecular weight is 273 g/mol. The highest BCUT2D eigenvalue weighted by Gasteiger charge is 2.14. The Bertz CT molecular complexity index is 557. The predicted molar refractivity (Wildman–Crippen MR) is 77.6 cm³/mol. The van der Waals surface area contributed by atoms with Crippen molar-refractivity contribution in [3.05, 3.63) is 41.6 Å². The predicted octanol–water partition coefficient (Wildman–Crippen LogP) is 1.90. The number of carbonyl (C=O) groups is 1. The number of H-pyrrole nitrogens is 1. The first-order chi connectivity index (χ1) is 9.63. The molecule has 0 aliphatic heterocycles. The van der Waals surface area contributed by atoms with E-state index in [-0.39, 0.29) is 11.9 Å². The number of aryl methyl sites for hydroxylation is 1. The van der Waals surface area contributed by atoms with Gasteiger partial charge >= 0.3 is 0 Å². The monoisotopic (exact) mass is 273 g/mol. The Morgan fingerprint density at radius 1 is 1.45 bits per heavy atom. The van der Waals surface area contributed by atoms with Gasteiger partial charge in [-0.1, -0.05) is 6.92 Å². The topological polar surface area (TPSA) is 82.7 Å². The van der Waals surface area contributed by atoms with E-state index in [0.717, 1.165) is 17.9 Å². The molecule has 1 atom stereocenters. The lowest BCUT2D eigenvalue weighted by Gasteiger charge is -2.13. The summed E-state index contributed by atoms with van der Waals surface area (Å²) in [4.78, 5) is 23.8. The number of nitrogens with one attached hydrogen (secondary N) is 3. The third-order valence-corrected chi connectivity index (χ3v) is 3.04. The van der Waals surface area contributed by atoms with Gasteiger partial charge in [0.25, 0.3) is 5.91 Å². The van der Waals surface area contributed by atoms with Gasteiger partial charge in [0.1, 0.15) is 11.6 Å². The Morgan fingerprint density at radius 3 is 2.85 bits per heavy atom. The number of amides is 1. The maximum absolute atomic E-state index is 12.3. The summed E-state index contributed by atoms with van der Waals surface area (Å²) < 4.78 is 0. The van der Waals surface area contributed by atoms with Crippen LogP contribution < -0.4 is 10.6 Å². The minimum Gasteiger partial charge on any atom is -0.373 e. The molecule has 0 aromatic carbocycles. The van der Waals surface area contributed by atoms with E-state index in [9.17, 15) is 4.79 Å². The molecule has 2 rings (SSSR count). The lowest BCUT2D eigenvalue weighted by Crippen LogP contribution is -2.27. The second-order valence-corrected chi connectivity index (χ2v) is 4.51. The summed E-state index contributed by atoms with van der Waals surface area (Å²) in [5.74, 6) is 1.29. The van der Waals surface area contributed by atoms with Crippen molar-refractivity contribution in [2.45, 2.75) is 26.3 Å². The fourth-order valence-corrected chi connectivity index (χ4v) is 1.89. The van der Waals surface area contributed by atoms with Crippen LogP contribution in [0.5, 0.6) is 0 Å². The van der Waals surface area contributed by atoms with E-state index in [0.29, 0.717) is 11.4 Å². The first-order valence-corrected chi connectivity index (χ1v) is 6.63. The van der Waals surface area contributed by atoms with Crippen LogP contribution >= 0.6 is 0 Å². The van der Waals surface area contributed by atoms with E-state index in [4.69, 9.17) is 0 Å². The highest BCUT2D eigenvalue weighted by molar-refractivity contribution is 5.95. The standard InChI is InChI=1S/C14H19N5O/c1-4-11-7-10(8-12(15-3)19-11)14(20)18-9(2)13-16-5-6-17-13/h5-9H,4H2,1-3H3,(H,15,19)(H,16,17)(H,18,20). The molecule has 0 bridgehead atoms. The van der Waals surface area contributed by atoms with Crippen molar-refractivity contribution in [1.29, 1.82) is 0 Å². The molecule has 0 radical (unpaired) electrons. The average Bonchev–Trinajstić information content (AvgIpc) is 3.00. The number of carbonyl (C=O) groups excluding carboxylic acids is 1. The molecule has 0 saturated carbocycles. The van der Waals surface area contributed by atoms with Crippen molar-refractivity contribution in [3.63, 3.8) is 0 Å². The zero-order valence-electron chi connectivity index (χ0n) is 11.9. The Morgan fingerprint density at radius 2 is 2.25 bits per heavy atom. The van der Waals surface area contributed by atoms with E-state index in [1.165, 1.54) is 0 Å². The van der Waals surface area contributed by atoms with Crippen molar-refractivity contribution >= 4 is 11.7 Å². The lowest BCUT2D eigenvalue weighted by atomic mass is 10.1. The number of rotatable bonds is 5. The van der Waals surface area contributed by atoms with Gasteiger partial charge in [-0.15, -0.1) is 0 Å². The molecule has 0 spiro atoms. The molecule has 1 unspecified atom stereocenters. The zero-order valence-corrected chi connectivity index (χ0v) is 11.9. The largest absolute Gasteiger partial charge is 0.373 e. The summed E-state index contributed by atoms with van der Waals surface area (Å²) >= 11 is 0. The van der Waals surface area contributed by atoms with Gasteiger partial charge in [0.05, 0.1) is 6.04 Å². The molecular weight excluding hydrogens is 254 g/mol. The van der Waals surface area contributed by atoms with E-state index in [1.54, 1.807) is 25.5 Å². The summed E-state index contributed by atoms with van der Waals surface area (Å²) in [6.07, 6.45) is 4.18.